The monoisotopic (exact) mass is 486 g/mol. The Kier molecular flexibility index (Phi) is 7.57. The number of aryl methyl sites for hydroxylation is 2. The van der Waals surface area contributed by atoms with E-state index in [4.69, 9.17) is 21.1 Å². The zero-order valence-electron chi connectivity index (χ0n) is 19.1. The van der Waals surface area contributed by atoms with Crippen molar-refractivity contribution in [3.05, 3.63) is 57.6 Å². The van der Waals surface area contributed by atoms with Crippen molar-refractivity contribution < 1.29 is 33.4 Å². The number of ether oxygens (including phenoxy) is 3. The molecule has 10 heteroatoms. The van der Waals surface area contributed by atoms with E-state index in [0.29, 0.717) is 11.3 Å². The van der Waals surface area contributed by atoms with Gasteiger partial charge in [-0.3, -0.25) is 14.9 Å². The van der Waals surface area contributed by atoms with Crippen molar-refractivity contribution in [3.63, 3.8) is 0 Å². The Bertz CT molecular complexity index is 1210. The van der Waals surface area contributed by atoms with Crippen LogP contribution in [0.2, 0.25) is 5.02 Å². The second kappa shape index (κ2) is 10.4. The van der Waals surface area contributed by atoms with Gasteiger partial charge in [-0.2, -0.15) is 0 Å². The molecule has 0 aliphatic carbocycles. The topological polar surface area (TPSA) is 111 Å². The third kappa shape index (κ3) is 5.20. The average Bonchev–Trinajstić information content (AvgIpc) is 2.78. The minimum absolute atomic E-state index is 0.0902. The molecule has 2 aromatic rings. The molecule has 0 radical (unpaired) electrons. The number of rotatable bonds is 7. The van der Waals surface area contributed by atoms with E-state index in [2.05, 4.69) is 10.1 Å². The minimum Gasteiger partial charge on any atom is -0.490 e. The van der Waals surface area contributed by atoms with Gasteiger partial charge in [0.15, 0.2) is 18.1 Å². The zero-order valence-corrected chi connectivity index (χ0v) is 19.8. The number of anilines is 1. The van der Waals surface area contributed by atoms with Gasteiger partial charge in [-0.15, -0.1) is 0 Å². The maximum absolute atomic E-state index is 13.2. The third-order valence-corrected chi connectivity index (χ3v) is 5.34. The number of esters is 1. The Morgan fingerprint density at radius 2 is 1.82 bits per heavy atom. The number of hydrogen-bond donors (Lipinski definition) is 1. The number of carbonyl (C=O) groups is 4. The van der Waals surface area contributed by atoms with Gasteiger partial charge in [0, 0.05) is 0 Å². The lowest BCUT2D eigenvalue weighted by Crippen LogP contribution is -2.54. The van der Waals surface area contributed by atoms with Crippen molar-refractivity contribution in [1.29, 1.82) is 0 Å². The molecule has 0 unspecified atom stereocenters. The highest BCUT2D eigenvalue weighted by Gasteiger charge is 2.37. The average molecular weight is 487 g/mol. The second-order valence-electron chi connectivity index (χ2n) is 7.35. The van der Waals surface area contributed by atoms with Crippen LogP contribution in [0.4, 0.5) is 10.5 Å². The van der Waals surface area contributed by atoms with Crippen LogP contribution < -0.4 is 19.7 Å². The quantitative estimate of drug-likeness (QED) is 0.361. The lowest BCUT2D eigenvalue weighted by atomic mass is 10.0. The van der Waals surface area contributed by atoms with Gasteiger partial charge in [-0.25, -0.2) is 14.5 Å². The molecule has 1 saturated heterocycles. The summed E-state index contributed by atoms with van der Waals surface area (Å²) < 4.78 is 15.5. The molecular weight excluding hydrogens is 464 g/mol. The van der Waals surface area contributed by atoms with Crippen molar-refractivity contribution in [2.75, 3.05) is 25.2 Å². The molecule has 0 aromatic heterocycles. The van der Waals surface area contributed by atoms with E-state index in [0.717, 1.165) is 16.0 Å². The summed E-state index contributed by atoms with van der Waals surface area (Å²) in [6.07, 6.45) is 1.30. The van der Waals surface area contributed by atoms with E-state index in [9.17, 15) is 19.2 Å². The van der Waals surface area contributed by atoms with Gasteiger partial charge in [0.2, 0.25) is 0 Å². The number of nitrogens with zero attached hydrogens (tertiary/aromatic N) is 1. The number of amides is 4. The van der Waals surface area contributed by atoms with E-state index < -0.39 is 23.8 Å². The maximum atomic E-state index is 13.2. The van der Waals surface area contributed by atoms with E-state index in [1.165, 1.54) is 25.3 Å². The van der Waals surface area contributed by atoms with Gasteiger partial charge in [-0.1, -0.05) is 17.7 Å². The summed E-state index contributed by atoms with van der Waals surface area (Å²) in [6, 6.07) is 7.22. The van der Waals surface area contributed by atoms with Crippen molar-refractivity contribution in [2.45, 2.75) is 20.8 Å². The Morgan fingerprint density at radius 1 is 1.09 bits per heavy atom. The summed E-state index contributed by atoms with van der Waals surface area (Å²) in [5, 5.41) is 2.28. The Balaban J connectivity index is 2.00. The lowest BCUT2D eigenvalue weighted by Gasteiger charge is -2.27. The van der Waals surface area contributed by atoms with Crippen molar-refractivity contribution in [3.8, 4) is 11.5 Å². The summed E-state index contributed by atoms with van der Waals surface area (Å²) >= 11 is 6.33. The molecule has 1 fully saturated rings. The number of carbonyl (C=O) groups excluding carboxylic acids is 4. The normalized spacial score (nSPS) is 14.8. The third-order valence-electron chi connectivity index (χ3n) is 5.06. The molecule has 0 atom stereocenters. The SMILES string of the molecule is CCOc1cc(/C=C2\C(=O)NC(=O)N(c3ccc(C)c(C)c3)C2=O)cc(Cl)c1OCC(=O)OC. The van der Waals surface area contributed by atoms with Crippen LogP contribution in [0.5, 0.6) is 11.5 Å². The predicted octanol–water partition coefficient (Wildman–Crippen LogP) is 3.57. The fourth-order valence-electron chi connectivity index (χ4n) is 3.19. The molecule has 34 heavy (non-hydrogen) atoms. The first-order valence-electron chi connectivity index (χ1n) is 10.3. The number of methoxy groups -OCH3 is 1. The summed E-state index contributed by atoms with van der Waals surface area (Å²) in [5.41, 5.74) is 2.30. The predicted molar refractivity (Wildman–Crippen MR) is 125 cm³/mol. The van der Waals surface area contributed by atoms with Gasteiger partial charge < -0.3 is 14.2 Å². The van der Waals surface area contributed by atoms with Gasteiger partial charge in [0.05, 0.1) is 24.4 Å². The summed E-state index contributed by atoms with van der Waals surface area (Å²) in [6.45, 7) is 5.39. The molecule has 1 aliphatic rings. The van der Waals surface area contributed by atoms with Crippen LogP contribution >= 0.6 is 11.6 Å². The summed E-state index contributed by atoms with van der Waals surface area (Å²) in [5.74, 6) is -1.91. The highest BCUT2D eigenvalue weighted by Crippen LogP contribution is 2.37. The fourth-order valence-corrected chi connectivity index (χ4v) is 3.46. The van der Waals surface area contributed by atoms with Crippen LogP contribution in [-0.4, -0.2) is 44.1 Å². The van der Waals surface area contributed by atoms with E-state index in [-0.39, 0.29) is 35.3 Å². The number of halogens is 1. The van der Waals surface area contributed by atoms with Gasteiger partial charge in [0.1, 0.15) is 5.57 Å². The van der Waals surface area contributed by atoms with Crippen LogP contribution in [0.1, 0.15) is 23.6 Å². The molecule has 0 spiro atoms. The number of imide groups is 2. The molecule has 178 valence electrons. The first-order chi connectivity index (χ1) is 16.2. The number of benzene rings is 2. The van der Waals surface area contributed by atoms with Crippen LogP contribution in [0.25, 0.3) is 6.08 Å². The maximum Gasteiger partial charge on any atom is 0.343 e. The minimum atomic E-state index is -0.838. The van der Waals surface area contributed by atoms with Crippen molar-refractivity contribution in [2.24, 2.45) is 0 Å². The van der Waals surface area contributed by atoms with E-state index in [1.807, 2.05) is 13.8 Å². The number of urea groups is 1. The van der Waals surface area contributed by atoms with Crippen molar-refractivity contribution >= 4 is 47.2 Å². The van der Waals surface area contributed by atoms with Crippen LogP contribution in [0.3, 0.4) is 0 Å². The lowest BCUT2D eigenvalue weighted by molar-refractivity contribution is -0.143. The number of hydrogen-bond acceptors (Lipinski definition) is 7. The van der Waals surface area contributed by atoms with Gasteiger partial charge in [-0.05, 0) is 67.8 Å². The van der Waals surface area contributed by atoms with Crippen LogP contribution in [-0.2, 0) is 19.1 Å². The Labute approximate surface area is 201 Å². The molecule has 1 N–H and O–H groups in total. The largest absolute Gasteiger partial charge is 0.490 e. The molecule has 2 aromatic carbocycles. The number of nitrogens with one attached hydrogen (secondary N) is 1. The van der Waals surface area contributed by atoms with E-state index in [1.54, 1.807) is 25.1 Å². The molecule has 3 rings (SSSR count). The Morgan fingerprint density at radius 3 is 2.47 bits per heavy atom. The molecule has 0 bridgehead atoms. The van der Waals surface area contributed by atoms with Gasteiger partial charge >= 0.3 is 12.0 Å². The smallest absolute Gasteiger partial charge is 0.343 e. The molecule has 1 aliphatic heterocycles. The Hall–Kier alpha value is -3.85. The molecular formula is C24H23ClN2O7. The standard InChI is InChI=1S/C24H23ClN2O7/c1-5-33-19-11-15(10-18(25)21(19)34-12-20(28)32-4)9-17-22(29)26-24(31)27(23(17)30)16-7-6-13(2)14(3)8-16/h6-11H,5,12H2,1-4H3,(H,26,29,31)/b17-9+. The van der Waals surface area contributed by atoms with E-state index >= 15 is 0 Å². The zero-order chi connectivity index (χ0) is 25.0. The molecule has 1 heterocycles. The highest BCUT2D eigenvalue weighted by atomic mass is 35.5. The number of barbiturate groups is 1. The van der Waals surface area contributed by atoms with Crippen LogP contribution in [0.15, 0.2) is 35.9 Å². The van der Waals surface area contributed by atoms with Crippen LogP contribution in [0, 0.1) is 13.8 Å². The summed E-state index contributed by atoms with van der Waals surface area (Å²) in [7, 11) is 1.23. The molecule has 0 saturated carbocycles. The first kappa shape index (κ1) is 24.8. The fraction of sp³-hybridized carbons (Fsp3) is 0.250. The van der Waals surface area contributed by atoms with Gasteiger partial charge in [0.25, 0.3) is 11.8 Å². The van der Waals surface area contributed by atoms with Crippen molar-refractivity contribution in [1.82, 2.24) is 5.32 Å². The molecule has 9 nitrogen and oxygen atoms in total. The molecule has 4 amide bonds. The summed E-state index contributed by atoms with van der Waals surface area (Å²) in [4.78, 5) is 50.4. The first-order valence-corrected chi connectivity index (χ1v) is 10.7. The highest BCUT2D eigenvalue weighted by molar-refractivity contribution is 6.39. The second-order valence-corrected chi connectivity index (χ2v) is 7.76.